The quantitative estimate of drug-likeness (QED) is 0.750. The summed E-state index contributed by atoms with van der Waals surface area (Å²) in [5.41, 5.74) is 0.644. The van der Waals surface area contributed by atoms with Crippen molar-refractivity contribution in [2.75, 3.05) is 6.61 Å². The third kappa shape index (κ3) is 3.57. The number of hydrogen-bond donors (Lipinski definition) is 3. The van der Waals surface area contributed by atoms with E-state index in [0.29, 0.717) is 6.04 Å². The monoisotopic (exact) mass is 291 g/mol. The van der Waals surface area contributed by atoms with Crippen molar-refractivity contribution in [3.8, 4) is 5.75 Å². The van der Waals surface area contributed by atoms with Crippen molar-refractivity contribution >= 4 is 0 Å². The topological polar surface area (TPSA) is 61.7 Å². The minimum Gasteiger partial charge on any atom is -0.490 e. The molecule has 0 bridgehead atoms. The van der Waals surface area contributed by atoms with Gasteiger partial charge in [-0.05, 0) is 38.2 Å². The molecule has 0 aliphatic heterocycles. The molecule has 4 heteroatoms. The van der Waals surface area contributed by atoms with Crippen LogP contribution < -0.4 is 10.1 Å². The predicted molar refractivity (Wildman–Crippen MR) is 81.2 cm³/mol. The highest BCUT2D eigenvalue weighted by atomic mass is 16.5. The molecule has 3 N–H and O–H groups in total. The molecule has 0 heterocycles. The number of rotatable bonds is 6. The summed E-state index contributed by atoms with van der Waals surface area (Å²) in [6.45, 7) is 0.166. The molecule has 21 heavy (non-hydrogen) atoms. The SMILES string of the molecule is OCc1ccccc1OC1CCCC(CO)(NC2CC2)C1. The van der Waals surface area contributed by atoms with E-state index in [1.54, 1.807) is 0 Å². The van der Waals surface area contributed by atoms with Gasteiger partial charge in [-0.15, -0.1) is 0 Å². The summed E-state index contributed by atoms with van der Waals surface area (Å²) < 4.78 is 6.13. The Bertz CT molecular complexity index is 475. The number of para-hydroxylation sites is 1. The Labute approximate surface area is 126 Å². The van der Waals surface area contributed by atoms with Gasteiger partial charge in [-0.2, -0.15) is 0 Å². The van der Waals surface area contributed by atoms with Crippen LogP contribution in [0.25, 0.3) is 0 Å². The molecule has 0 radical (unpaired) electrons. The first-order valence-electron chi connectivity index (χ1n) is 7.99. The van der Waals surface area contributed by atoms with Gasteiger partial charge in [-0.25, -0.2) is 0 Å². The number of hydrogen-bond acceptors (Lipinski definition) is 4. The van der Waals surface area contributed by atoms with Crippen molar-refractivity contribution in [1.29, 1.82) is 0 Å². The third-order valence-corrected chi connectivity index (χ3v) is 4.63. The van der Waals surface area contributed by atoms with Crippen molar-refractivity contribution in [3.05, 3.63) is 29.8 Å². The summed E-state index contributed by atoms with van der Waals surface area (Å²) in [5, 5.41) is 22.9. The summed E-state index contributed by atoms with van der Waals surface area (Å²) in [4.78, 5) is 0. The largest absolute Gasteiger partial charge is 0.490 e. The molecule has 2 atom stereocenters. The van der Waals surface area contributed by atoms with Crippen LogP contribution in [0.5, 0.6) is 5.75 Å². The van der Waals surface area contributed by atoms with Crippen LogP contribution in [0.2, 0.25) is 0 Å². The van der Waals surface area contributed by atoms with E-state index in [1.807, 2.05) is 24.3 Å². The number of benzene rings is 1. The first-order chi connectivity index (χ1) is 10.2. The minimum absolute atomic E-state index is 0.00559. The molecule has 2 aliphatic rings. The van der Waals surface area contributed by atoms with E-state index in [2.05, 4.69) is 5.32 Å². The maximum absolute atomic E-state index is 9.84. The van der Waals surface area contributed by atoms with Gasteiger partial charge in [0.1, 0.15) is 11.9 Å². The minimum atomic E-state index is -0.182. The molecule has 2 unspecified atom stereocenters. The molecule has 4 nitrogen and oxygen atoms in total. The highest BCUT2D eigenvalue weighted by Gasteiger charge is 2.40. The molecule has 0 saturated heterocycles. The zero-order valence-electron chi connectivity index (χ0n) is 12.4. The van der Waals surface area contributed by atoms with E-state index < -0.39 is 0 Å². The normalized spacial score (nSPS) is 29.3. The standard InChI is InChI=1S/C17H25NO3/c19-11-13-4-1-2-6-16(13)21-15-5-3-9-17(10-15,12-20)18-14-7-8-14/h1-2,4,6,14-15,18-20H,3,5,7-12H2. The van der Waals surface area contributed by atoms with E-state index in [4.69, 9.17) is 4.74 Å². The Morgan fingerprint density at radius 3 is 2.71 bits per heavy atom. The summed E-state index contributed by atoms with van der Waals surface area (Å²) in [5.74, 6) is 0.769. The second-order valence-electron chi connectivity index (χ2n) is 6.46. The number of aliphatic hydroxyl groups is 2. The summed E-state index contributed by atoms with van der Waals surface area (Å²) in [6.07, 6.45) is 6.47. The van der Waals surface area contributed by atoms with Crippen LogP contribution in [0, 0.1) is 0 Å². The molecule has 2 aliphatic carbocycles. The number of nitrogens with one attached hydrogen (secondary N) is 1. The van der Waals surface area contributed by atoms with Gasteiger partial charge in [0.25, 0.3) is 0 Å². The van der Waals surface area contributed by atoms with Gasteiger partial charge in [0.15, 0.2) is 0 Å². The lowest BCUT2D eigenvalue weighted by atomic mass is 9.80. The molecule has 0 amide bonds. The molecule has 1 aromatic rings. The van der Waals surface area contributed by atoms with Crippen molar-refractivity contribution < 1.29 is 14.9 Å². The van der Waals surface area contributed by atoms with Crippen LogP contribution in [0.15, 0.2) is 24.3 Å². The second-order valence-corrected chi connectivity index (χ2v) is 6.46. The van der Waals surface area contributed by atoms with Crippen molar-refractivity contribution in [2.24, 2.45) is 0 Å². The van der Waals surface area contributed by atoms with E-state index in [0.717, 1.165) is 37.0 Å². The maximum atomic E-state index is 9.84. The van der Waals surface area contributed by atoms with E-state index in [1.165, 1.54) is 12.8 Å². The van der Waals surface area contributed by atoms with Crippen molar-refractivity contribution in [2.45, 2.75) is 62.8 Å². The maximum Gasteiger partial charge on any atom is 0.125 e. The number of aliphatic hydroxyl groups excluding tert-OH is 2. The fourth-order valence-corrected chi connectivity index (χ4v) is 3.32. The van der Waals surface area contributed by atoms with Gasteiger partial charge < -0.3 is 20.3 Å². The van der Waals surface area contributed by atoms with Gasteiger partial charge >= 0.3 is 0 Å². The fraction of sp³-hybridized carbons (Fsp3) is 0.647. The molecule has 116 valence electrons. The van der Waals surface area contributed by atoms with Crippen LogP contribution in [0.3, 0.4) is 0 Å². The smallest absolute Gasteiger partial charge is 0.125 e. The average molecular weight is 291 g/mol. The highest BCUT2D eigenvalue weighted by molar-refractivity contribution is 5.32. The van der Waals surface area contributed by atoms with Crippen LogP contribution in [-0.4, -0.2) is 34.5 Å². The third-order valence-electron chi connectivity index (χ3n) is 4.63. The lowest BCUT2D eigenvalue weighted by molar-refractivity contribution is 0.0487. The zero-order chi connectivity index (χ0) is 14.7. The molecular weight excluding hydrogens is 266 g/mol. The molecule has 3 rings (SSSR count). The Kier molecular flexibility index (Phi) is 4.48. The molecule has 1 aromatic carbocycles. The lowest BCUT2D eigenvalue weighted by Crippen LogP contribution is -2.54. The predicted octanol–water partition coefficient (Wildman–Crippen LogP) is 1.98. The lowest BCUT2D eigenvalue weighted by Gasteiger charge is -2.40. The number of ether oxygens (including phenoxy) is 1. The Balaban J connectivity index is 1.67. The van der Waals surface area contributed by atoms with Gasteiger partial charge in [-0.1, -0.05) is 18.2 Å². The van der Waals surface area contributed by atoms with Gasteiger partial charge in [0, 0.05) is 23.6 Å². The van der Waals surface area contributed by atoms with Crippen LogP contribution in [-0.2, 0) is 6.61 Å². The molecule has 2 fully saturated rings. The van der Waals surface area contributed by atoms with Gasteiger partial charge in [0.2, 0.25) is 0 Å². The van der Waals surface area contributed by atoms with Gasteiger partial charge in [0.05, 0.1) is 13.2 Å². The van der Waals surface area contributed by atoms with Crippen LogP contribution in [0.1, 0.15) is 44.1 Å². The second kappa shape index (κ2) is 6.34. The van der Waals surface area contributed by atoms with Gasteiger partial charge in [-0.3, -0.25) is 0 Å². The summed E-state index contributed by atoms with van der Waals surface area (Å²) in [7, 11) is 0. The van der Waals surface area contributed by atoms with E-state index >= 15 is 0 Å². The first-order valence-corrected chi connectivity index (χ1v) is 7.99. The Morgan fingerprint density at radius 1 is 1.19 bits per heavy atom. The average Bonchev–Trinajstić information content (AvgIpc) is 3.32. The summed E-state index contributed by atoms with van der Waals surface area (Å²) in [6, 6.07) is 8.22. The first kappa shape index (κ1) is 14.8. The fourth-order valence-electron chi connectivity index (χ4n) is 3.32. The van der Waals surface area contributed by atoms with E-state index in [9.17, 15) is 10.2 Å². The zero-order valence-corrected chi connectivity index (χ0v) is 12.4. The molecule has 0 spiro atoms. The Hall–Kier alpha value is -1.10. The van der Waals surface area contributed by atoms with Crippen molar-refractivity contribution in [1.82, 2.24) is 5.32 Å². The van der Waals surface area contributed by atoms with E-state index in [-0.39, 0.29) is 24.9 Å². The molecular formula is C17H25NO3. The van der Waals surface area contributed by atoms with Crippen molar-refractivity contribution in [3.63, 3.8) is 0 Å². The molecule has 0 aromatic heterocycles. The summed E-state index contributed by atoms with van der Waals surface area (Å²) >= 11 is 0. The van der Waals surface area contributed by atoms with Crippen LogP contribution >= 0.6 is 0 Å². The van der Waals surface area contributed by atoms with Crippen LogP contribution in [0.4, 0.5) is 0 Å². The molecule has 2 saturated carbocycles. The Morgan fingerprint density at radius 2 is 2.00 bits per heavy atom. The highest BCUT2D eigenvalue weighted by Crippen LogP contribution is 2.34.